The molecule has 0 spiro atoms. The summed E-state index contributed by atoms with van der Waals surface area (Å²) >= 11 is 0. The first kappa shape index (κ1) is 13.7. The molecule has 0 aromatic heterocycles. The molecule has 0 heterocycles. The number of carbonyl (C=O) groups is 2. The molecule has 4 nitrogen and oxygen atoms in total. The summed E-state index contributed by atoms with van der Waals surface area (Å²) in [5.74, 6) is 0.0233. The van der Waals surface area contributed by atoms with Crippen molar-refractivity contribution in [2.24, 2.45) is 11.1 Å². The molecule has 0 unspecified atom stereocenters. The van der Waals surface area contributed by atoms with Crippen LogP contribution in [0.5, 0.6) is 0 Å². The van der Waals surface area contributed by atoms with E-state index in [1.165, 1.54) is 6.92 Å². The fourth-order valence-corrected chi connectivity index (χ4v) is 2.46. The Labute approximate surface area is 113 Å². The predicted molar refractivity (Wildman–Crippen MR) is 75.0 cm³/mol. The molecule has 1 saturated carbocycles. The van der Waals surface area contributed by atoms with Crippen molar-refractivity contribution in [1.82, 2.24) is 0 Å². The van der Waals surface area contributed by atoms with E-state index < -0.39 is 0 Å². The van der Waals surface area contributed by atoms with Gasteiger partial charge in [0.2, 0.25) is 5.91 Å². The minimum Gasteiger partial charge on any atom is -0.330 e. The lowest BCUT2D eigenvalue weighted by atomic mass is 9.66. The van der Waals surface area contributed by atoms with Crippen LogP contribution in [0, 0.1) is 5.41 Å². The van der Waals surface area contributed by atoms with Crippen molar-refractivity contribution >= 4 is 17.4 Å². The van der Waals surface area contributed by atoms with Crippen LogP contribution in [0.2, 0.25) is 0 Å². The Morgan fingerprint density at radius 1 is 1.26 bits per heavy atom. The molecule has 1 aliphatic carbocycles. The maximum atomic E-state index is 12.0. The second-order valence-electron chi connectivity index (χ2n) is 5.42. The predicted octanol–water partition coefficient (Wildman–Crippen LogP) is 2.35. The molecule has 1 amide bonds. The number of anilines is 1. The highest BCUT2D eigenvalue weighted by Crippen LogP contribution is 2.43. The third-order valence-corrected chi connectivity index (χ3v) is 3.96. The highest BCUT2D eigenvalue weighted by atomic mass is 16.1. The van der Waals surface area contributed by atoms with Crippen molar-refractivity contribution in [3.05, 3.63) is 29.8 Å². The van der Waals surface area contributed by atoms with Crippen LogP contribution in [0.3, 0.4) is 0 Å². The second-order valence-corrected chi connectivity index (χ2v) is 5.42. The lowest BCUT2D eigenvalue weighted by molar-refractivity contribution is -0.119. The third-order valence-electron chi connectivity index (χ3n) is 3.96. The number of benzene rings is 1. The summed E-state index contributed by atoms with van der Waals surface area (Å²) in [4.78, 5) is 23.1. The highest BCUT2D eigenvalue weighted by Gasteiger charge is 2.37. The van der Waals surface area contributed by atoms with Crippen LogP contribution in [0.15, 0.2) is 24.3 Å². The number of hydrogen-bond donors (Lipinski definition) is 2. The van der Waals surface area contributed by atoms with E-state index >= 15 is 0 Å². The zero-order valence-electron chi connectivity index (χ0n) is 11.2. The van der Waals surface area contributed by atoms with E-state index in [9.17, 15) is 9.59 Å². The van der Waals surface area contributed by atoms with Crippen LogP contribution in [-0.4, -0.2) is 18.2 Å². The van der Waals surface area contributed by atoms with Crippen molar-refractivity contribution in [2.75, 3.05) is 11.9 Å². The first-order chi connectivity index (χ1) is 9.04. The number of nitrogens with two attached hydrogens (primary N) is 1. The Balaban J connectivity index is 1.93. The van der Waals surface area contributed by atoms with Gasteiger partial charge in [0, 0.05) is 17.7 Å². The zero-order chi connectivity index (χ0) is 13.9. The number of Topliss-reactive ketones (excluding diaryl/α,β-unsaturated/α-hetero) is 1. The third kappa shape index (κ3) is 3.20. The molecule has 4 heteroatoms. The van der Waals surface area contributed by atoms with Gasteiger partial charge in [-0.2, -0.15) is 0 Å². The Morgan fingerprint density at radius 3 is 2.32 bits per heavy atom. The number of rotatable bonds is 5. The maximum Gasteiger partial charge on any atom is 0.224 e. The maximum absolute atomic E-state index is 12.0. The number of ketones is 1. The Morgan fingerprint density at radius 2 is 1.89 bits per heavy atom. The quantitative estimate of drug-likeness (QED) is 0.798. The summed E-state index contributed by atoms with van der Waals surface area (Å²) in [7, 11) is 0. The number of carbonyl (C=O) groups excluding carboxylic acids is 2. The van der Waals surface area contributed by atoms with Crippen molar-refractivity contribution in [3.63, 3.8) is 0 Å². The summed E-state index contributed by atoms with van der Waals surface area (Å²) < 4.78 is 0. The summed E-state index contributed by atoms with van der Waals surface area (Å²) in [6.07, 6.45) is 3.73. The van der Waals surface area contributed by atoms with E-state index in [0.717, 1.165) is 24.9 Å². The fraction of sp³-hybridized carbons (Fsp3) is 0.467. The first-order valence-corrected chi connectivity index (χ1v) is 6.66. The molecule has 3 N–H and O–H groups in total. The smallest absolute Gasteiger partial charge is 0.224 e. The standard InChI is InChI=1S/C15H20N2O2/c1-11(18)12-3-5-13(6-4-12)17-14(19)9-15(10-16)7-2-8-15/h3-6H,2,7-10,16H2,1H3,(H,17,19). The van der Waals surface area contributed by atoms with Gasteiger partial charge in [0.1, 0.15) is 0 Å². The van der Waals surface area contributed by atoms with Crippen molar-refractivity contribution in [3.8, 4) is 0 Å². The van der Waals surface area contributed by atoms with Crippen LogP contribution in [-0.2, 0) is 4.79 Å². The molecule has 1 aliphatic rings. The lowest BCUT2D eigenvalue weighted by Gasteiger charge is -2.40. The summed E-state index contributed by atoms with van der Waals surface area (Å²) in [6, 6.07) is 6.95. The minimum atomic E-state index is 0.000671. The van der Waals surface area contributed by atoms with Gasteiger partial charge in [-0.1, -0.05) is 6.42 Å². The molecular formula is C15H20N2O2. The summed E-state index contributed by atoms with van der Waals surface area (Å²) in [5, 5.41) is 2.86. The van der Waals surface area contributed by atoms with Crippen molar-refractivity contribution in [1.29, 1.82) is 0 Å². The van der Waals surface area contributed by atoms with Gasteiger partial charge in [-0.3, -0.25) is 9.59 Å². The van der Waals surface area contributed by atoms with E-state index in [0.29, 0.717) is 18.5 Å². The molecular weight excluding hydrogens is 240 g/mol. The van der Waals surface area contributed by atoms with Crippen molar-refractivity contribution < 1.29 is 9.59 Å². The van der Waals surface area contributed by atoms with Gasteiger partial charge in [0.05, 0.1) is 0 Å². The molecule has 0 aliphatic heterocycles. The molecule has 0 bridgehead atoms. The monoisotopic (exact) mass is 260 g/mol. The molecule has 0 radical (unpaired) electrons. The molecule has 1 aromatic rings. The SMILES string of the molecule is CC(=O)c1ccc(NC(=O)CC2(CN)CCC2)cc1. The zero-order valence-corrected chi connectivity index (χ0v) is 11.2. The van der Waals surface area contributed by atoms with Crippen LogP contribution >= 0.6 is 0 Å². The van der Waals surface area contributed by atoms with E-state index in [1.807, 2.05) is 0 Å². The fourth-order valence-electron chi connectivity index (χ4n) is 2.46. The minimum absolute atomic E-state index is 0.000671. The normalized spacial score (nSPS) is 16.5. The van der Waals surface area contributed by atoms with E-state index in [4.69, 9.17) is 5.73 Å². The van der Waals surface area contributed by atoms with Gasteiger partial charge >= 0.3 is 0 Å². The topological polar surface area (TPSA) is 72.2 Å². The van der Waals surface area contributed by atoms with Crippen LogP contribution in [0.4, 0.5) is 5.69 Å². The number of amides is 1. The summed E-state index contributed by atoms with van der Waals surface area (Å²) in [5.41, 5.74) is 7.14. The Kier molecular flexibility index (Phi) is 4.00. The van der Waals surface area contributed by atoms with Gasteiger partial charge in [-0.25, -0.2) is 0 Å². The van der Waals surface area contributed by atoms with E-state index in [1.54, 1.807) is 24.3 Å². The summed E-state index contributed by atoms with van der Waals surface area (Å²) in [6.45, 7) is 2.10. The van der Waals surface area contributed by atoms with Gasteiger partial charge in [0.15, 0.2) is 5.78 Å². The Hall–Kier alpha value is -1.68. The second kappa shape index (κ2) is 5.53. The first-order valence-electron chi connectivity index (χ1n) is 6.66. The van der Waals surface area contributed by atoms with E-state index in [-0.39, 0.29) is 17.1 Å². The average Bonchev–Trinajstić information content (AvgIpc) is 2.34. The number of hydrogen-bond acceptors (Lipinski definition) is 3. The molecule has 1 aromatic carbocycles. The van der Waals surface area contributed by atoms with Gasteiger partial charge in [-0.05, 0) is 56.0 Å². The molecule has 1 fully saturated rings. The largest absolute Gasteiger partial charge is 0.330 e. The van der Waals surface area contributed by atoms with Gasteiger partial charge < -0.3 is 11.1 Å². The molecule has 102 valence electrons. The molecule has 2 rings (SSSR count). The van der Waals surface area contributed by atoms with Crippen molar-refractivity contribution in [2.45, 2.75) is 32.6 Å². The molecule has 19 heavy (non-hydrogen) atoms. The Bertz CT molecular complexity index is 470. The highest BCUT2D eigenvalue weighted by molar-refractivity contribution is 5.95. The molecule has 0 saturated heterocycles. The lowest BCUT2D eigenvalue weighted by Crippen LogP contribution is -2.40. The molecule has 0 atom stereocenters. The van der Waals surface area contributed by atoms with Crippen LogP contribution in [0.25, 0.3) is 0 Å². The van der Waals surface area contributed by atoms with E-state index in [2.05, 4.69) is 5.32 Å². The average molecular weight is 260 g/mol. The van der Waals surface area contributed by atoms with Gasteiger partial charge in [0.25, 0.3) is 0 Å². The van der Waals surface area contributed by atoms with Crippen LogP contribution in [0.1, 0.15) is 43.0 Å². The van der Waals surface area contributed by atoms with Gasteiger partial charge in [-0.15, -0.1) is 0 Å². The van der Waals surface area contributed by atoms with Crippen LogP contribution < -0.4 is 11.1 Å². The number of nitrogens with one attached hydrogen (secondary N) is 1.